The van der Waals surface area contributed by atoms with Crippen LogP contribution in [0.1, 0.15) is 76.8 Å². The number of hydrogen-bond acceptors (Lipinski definition) is 9. The van der Waals surface area contributed by atoms with Crippen molar-refractivity contribution in [2.45, 2.75) is 89.9 Å². The Kier molecular flexibility index (Phi) is 8.81. The highest BCUT2D eigenvalue weighted by atomic mass is 16.7. The highest BCUT2D eigenvalue weighted by Gasteiger charge is 2.49. The van der Waals surface area contributed by atoms with Crippen molar-refractivity contribution in [3.63, 3.8) is 0 Å². The number of carbonyl (C=O) groups excluding carboxylic acids is 2. The van der Waals surface area contributed by atoms with E-state index in [0.717, 1.165) is 42.8 Å². The summed E-state index contributed by atoms with van der Waals surface area (Å²) in [5.41, 5.74) is 0.197. The molecule has 4 atom stereocenters. The second-order valence-corrected chi connectivity index (χ2v) is 11.8. The molecule has 1 aliphatic carbocycles. The molecule has 2 unspecified atom stereocenters. The zero-order chi connectivity index (χ0) is 28.4. The Hall–Kier alpha value is -2.78. The van der Waals surface area contributed by atoms with Crippen LogP contribution in [0.2, 0.25) is 0 Å². The SMILES string of the molecule is CCCN1CCc2cc3c(cc2[C@H]2C1C=C(OC)[C@H]2OC(=O)C(C)(CCCC(C)(C)O)CC(=O)OC)OCO3. The van der Waals surface area contributed by atoms with Gasteiger partial charge >= 0.3 is 11.9 Å². The quantitative estimate of drug-likeness (QED) is 0.412. The molecule has 0 saturated heterocycles. The number of aliphatic hydroxyl groups is 1. The Bertz CT molecular complexity index is 1090. The Morgan fingerprint density at radius 2 is 1.85 bits per heavy atom. The molecular weight excluding hydrogens is 502 g/mol. The second kappa shape index (κ2) is 11.8. The molecule has 3 aliphatic rings. The minimum absolute atomic E-state index is 0.0265. The van der Waals surface area contributed by atoms with Crippen LogP contribution < -0.4 is 9.47 Å². The molecule has 39 heavy (non-hydrogen) atoms. The largest absolute Gasteiger partial charge is 0.497 e. The van der Waals surface area contributed by atoms with Gasteiger partial charge in [-0.15, -0.1) is 0 Å². The zero-order valence-corrected chi connectivity index (χ0v) is 24.1. The first kappa shape index (κ1) is 29.2. The molecule has 9 heteroatoms. The van der Waals surface area contributed by atoms with Gasteiger partial charge in [0, 0.05) is 18.5 Å². The van der Waals surface area contributed by atoms with E-state index >= 15 is 0 Å². The van der Waals surface area contributed by atoms with Crippen LogP contribution in [0, 0.1) is 5.41 Å². The van der Waals surface area contributed by atoms with Crippen molar-refractivity contribution < 1.29 is 38.4 Å². The fourth-order valence-electron chi connectivity index (χ4n) is 6.03. The van der Waals surface area contributed by atoms with Crippen LogP contribution in [0.3, 0.4) is 0 Å². The average Bonchev–Trinajstić information content (AvgIpc) is 3.45. The van der Waals surface area contributed by atoms with E-state index < -0.39 is 29.1 Å². The van der Waals surface area contributed by atoms with Crippen molar-refractivity contribution in [2.24, 2.45) is 5.41 Å². The summed E-state index contributed by atoms with van der Waals surface area (Å²) in [5.74, 6) is 0.854. The smallest absolute Gasteiger partial charge is 0.313 e. The third-order valence-corrected chi connectivity index (χ3v) is 8.15. The van der Waals surface area contributed by atoms with Gasteiger partial charge in [-0.1, -0.05) is 6.92 Å². The maximum Gasteiger partial charge on any atom is 0.313 e. The zero-order valence-electron chi connectivity index (χ0n) is 24.1. The summed E-state index contributed by atoms with van der Waals surface area (Å²) in [5, 5.41) is 10.2. The Balaban J connectivity index is 1.68. The maximum absolute atomic E-state index is 13.9. The standard InChI is InChI=1S/C30H43NO8/c1-7-12-31-13-9-19-14-22-23(38-18-37-22)15-20(19)26-21(31)16-24(35-5)27(26)39-28(33)30(4,17-25(32)36-6)11-8-10-29(2,3)34/h14-16,21,26-27,34H,7-13,17-18H2,1-6H3/t21?,26-,27+,30?/m0/s1. The molecule has 9 nitrogen and oxygen atoms in total. The minimum atomic E-state index is -1.12. The van der Waals surface area contributed by atoms with E-state index in [-0.39, 0.29) is 25.2 Å². The fourth-order valence-corrected chi connectivity index (χ4v) is 6.03. The van der Waals surface area contributed by atoms with E-state index in [4.69, 9.17) is 23.7 Å². The molecule has 0 saturated carbocycles. The summed E-state index contributed by atoms with van der Waals surface area (Å²) >= 11 is 0. The summed E-state index contributed by atoms with van der Waals surface area (Å²) in [4.78, 5) is 28.7. The Morgan fingerprint density at radius 3 is 2.49 bits per heavy atom. The van der Waals surface area contributed by atoms with Crippen molar-refractivity contribution in [3.8, 4) is 11.5 Å². The summed E-state index contributed by atoms with van der Waals surface area (Å²) < 4.78 is 28.4. The lowest BCUT2D eigenvalue weighted by molar-refractivity contribution is -0.167. The lowest BCUT2D eigenvalue weighted by atomic mass is 9.80. The number of benzene rings is 1. The third kappa shape index (κ3) is 6.35. The van der Waals surface area contributed by atoms with Gasteiger partial charge in [0.1, 0.15) is 5.76 Å². The molecule has 0 radical (unpaired) electrons. The van der Waals surface area contributed by atoms with Gasteiger partial charge in [-0.2, -0.15) is 0 Å². The van der Waals surface area contributed by atoms with E-state index in [1.165, 1.54) is 7.11 Å². The predicted octanol–water partition coefficient (Wildman–Crippen LogP) is 4.10. The summed E-state index contributed by atoms with van der Waals surface area (Å²) in [6.45, 7) is 9.29. The van der Waals surface area contributed by atoms with E-state index in [2.05, 4.69) is 17.9 Å². The van der Waals surface area contributed by atoms with E-state index in [1.807, 2.05) is 12.1 Å². The molecule has 216 valence electrons. The monoisotopic (exact) mass is 545 g/mol. The summed E-state index contributed by atoms with van der Waals surface area (Å²) in [6.07, 6.45) is 4.52. The van der Waals surface area contributed by atoms with E-state index in [1.54, 1.807) is 27.9 Å². The average molecular weight is 546 g/mol. The summed E-state index contributed by atoms with van der Waals surface area (Å²) in [7, 11) is 2.91. The van der Waals surface area contributed by atoms with Gasteiger partial charge in [-0.3, -0.25) is 14.5 Å². The lowest BCUT2D eigenvalue weighted by Gasteiger charge is -2.34. The number of esters is 2. The molecule has 2 aliphatic heterocycles. The van der Waals surface area contributed by atoms with Crippen molar-refractivity contribution in [1.29, 1.82) is 0 Å². The normalized spacial score (nSPS) is 23.7. The first-order valence-electron chi connectivity index (χ1n) is 13.9. The van der Waals surface area contributed by atoms with Crippen LogP contribution in [0.4, 0.5) is 0 Å². The number of rotatable bonds is 11. The van der Waals surface area contributed by atoms with Crippen LogP contribution in [-0.2, 0) is 30.2 Å². The lowest BCUT2D eigenvalue weighted by Crippen LogP contribution is -2.42. The number of ether oxygens (including phenoxy) is 5. The Labute approximate surface area is 231 Å². The van der Waals surface area contributed by atoms with E-state index in [0.29, 0.717) is 30.8 Å². The predicted molar refractivity (Wildman–Crippen MR) is 145 cm³/mol. The molecule has 0 fully saturated rings. The van der Waals surface area contributed by atoms with E-state index in [9.17, 15) is 14.7 Å². The molecule has 0 amide bonds. The summed E-state index contributed by atoms with van der Waals surface area (Å²) in [6, 6.07) is 4.04. The van der Waals surface area contributed by atoms with Crippen molar-refractivity contribution in [3.05, 3.63) is 35.1 Å². The third-order valence-electron chi connectivity index (χ3n) is 8.15. The molecule has 0 bridgehead atoms. The molecule has 4 rings (SSSR count). The van der Waals surface area contributed by atoms with Crippen molar-refractivity contribution in [1.82, 2.24) is 4.90 Å². The highest BCUT2D eigenvalue weighted by molar-refractivity contribution is 5.83. The topological polar surface area (TPSA) is 104 Å². The van der Waals surface area contributed by atoms with Gasteiger partial charge in [0.25, 0.3) is 0 Å². The van der Waals surface area contributed by atoms with Crippen LogP contribution in [0.25, 0.3) is 0 Å². The van der Waals surface area contributed by atoms with Crippen LogP contribution >= 0.6 is 0 Å². The van der Waals surface area contributed by atoms with Gasteiger partial charge in [-0.05, 0) is 88.8 Å². The van der Waals surface area contributed by atoms with Crippen molar-refractivity contribution in [2.75, 3.05) is 34.1 Å². The van der Waals surface area contributed by atoms with Gasteiger partial charge in [-0.25, -0.2) is 0 Å². The second-order valence-electron chi connectivity index (χ2n) is 11.8. The minimum Gasteiger partial charge on any atom is -0.497 e. The van der Waals surface area contributed by atoms with Crippen LogP contribution in [0.5, 0.6) is 11.5 Å². The molecular formula is C30H43NO8. The van der Waals surface area contributed by atoms with Gasteiger partial charge < -0.3 is 28.8 Å². The Morgan fingerprint density at radius 1 is 1.13 bits per heavy atom. The molecule has 1 aromatic carbocycles. The van der Waals surface area contributed by atoms with Gasteiger partial charge in [0.05, 0.1) is 31.7 Å². The first-order valence-corrected chi connectivity index (χ1v) is 13.9. The molecule has 1 N–H and O–H groups in total. The highest BCUT2D eigenvalue weighted by Crippen LogP contribution is 2.47. The van der Waals surface area contributed by atoms with Crippen LogP contribution in [0.15, 0.2) is 24.0 Å². The number of carbonyl (C=O) groups is 2. The number of methoxy groups -OCH3 is 2. The number of nitrogens with zero attached hydrogens (tertiary/aromatic N) is 1. The van der Waals surface area contributed by atoms with Gasteiger partial charge in [0.2, 0.25) is 6.79 Å². The molecule has 0 aromatic heterocycles. The maximum atomic E-state index is 13.9. The first-order chi connectivity index (χ1) is 18.5. The molecule has 2 heterocycles. The fraction of sp³-hybridized carbons (Fsp3) is 0.667. The molecule has 0 spiro atoms. The number of fused-ring (bicyclic) bond motifs is 4. The molecule has 1 aromatic rings. The van der Waals surface area contributed by atoms with Crippen LogP contribution in [-0.4, -0.2) is 73.8 Å². The van der Waals surface area contributed by atoms with Gasteiger partial charge in [0.15, 0.2) is 17.6 Å². The van der Waals surface area contributed by atoms with Crippen molar-refractivity contribution >= 4 is 11.9 Å². The number of hydrogen-bond donors (Lipinski definition) is 1.